The third kappa shape index (κ3) is 31.3. The summed E-state index contributed by atoms with van der Waals surface area (Å²) in [5.74, 6) is 0.632. The minimum absolute atomic E-state index is 0. The Labute approximate surface area is 138 Å². The van der Waals surface area contributed by atoms with Crippen molar-refractivity contribution in [2.75, 3.05) is 11.5 Å². The van der Waals surface area contributed by atoms with Gasteiger partial charge in [-0.25, -0.2) is 0 Å². The minimum Gasteiger partial charge on any atom is -0.772 e. The van der Waals surface area contributed by atoms with Crippen LogP contribution in [0.15, 0.2) is 0 Å². The first kappa shape index (κ1) is 22.0. The molecule has 0 saturated carbocycles. The van der Waals surface area contributed by atoms with Crippen molar-refractivity contribution in [1.29, 1.82) is 0 Å². The number of unbranched alkanes of at least 4 members (excludes halogenated alkanes) is 2. The molecule has 0 aromatic carbocycles. The molecule has 0 aromatic rings. The van der Waals surface area contributed by atoms with E-state index in [1.165, 1.54) is 0 Å². The Morgan fingerprint density at radius 3 is 1.20 bits per heavy atom. The van der Waals surface area contributed by atoms with Crippen LogP contribution in [0.3, 0.4) is 0 Å². The average molecular weight is 380 g/mol. The van der Waals surface area contributed by atoms with E-state index in [0.717, 1.165) is 25.7 Å². The van der Waals surface area contributed by atoms with E-state index in [-0.39, 0.29) is 48.9 Å². The summed E-state index contributed by atoms with van der Waals surface area (Å²) in [5, 5.41) is 0. The maximum absolute atomic E-state index is 9.76. The van der Waals surface area contributed by atoms with Crippen LogP contribution >= 0.6 is 0 Å². The van der Waals surface area contributed by atoms with Gasteiger partial charge in [-0.15, -0.1) is 0 Å². The van der Waals surface area contributed by atoms with Gasteiger partial charge < -0.3 is 9.11 Å². The van der Waals surface area contributed by atoms with Crippen LogP contribution in [0.2, 0.25) is 0 Å². The van der Waals surface area contributed by atoms with Gasteiger partial charge in [0.05, 0.1) is 0 Å². The molecule has 0 aliphatic rings. The zero-order valence-corrected chi connectivity index (χ0v) is 15.5. The molecule has 0 spiro atoms. The van der Waals surface area contributed by atoms with Gasteiger partial charge in [0.1, 0.15) is 0 Å². The molecule has 0 heterocycles. The van der Waals surface area contributed by atoms with Crippen molar-refractivity contribution in [3.63, 3.8) is 0 Å². The standard InChI is InChI=1S/2C4H10O2S.Ba/c2*1-2-3-4-7(5)6;/h2*2-4H2,1H3,(H,5,6);/q;;+2/p-2. The van der Waals surface area contributed by atoms with Crippen LogP contribution in [0.5, 0.6) is 0 Å². The monoisotopic (exact) mass is 380 g/mol. The number of hydrogen-bond donors (Lipinski definition) is 0. The van der Waals surface area contributed by atoms with Gasteiger partial charge in [-0.1, -0.05) is 48.9 Å². The summed E-state index contributed by atoms with van der Waals surface area (Å²) in [4.78, 5) is 0. The molecule has 0 aliphatic carbocycles. The Hall–Kier alpha value is 1.79. The molecule has 0 rings (SSSR count). The fraction of sp³-hybridized carbons (Fsp3) is 1.00. The van der Waals surface area contributed by atoms with E-state index in [9.17, 15) is 17.5 Å². The molecule has 0 aliphatic heterocycles. The van der Waals surface area contributed by atoms with Gasteiger partial charge in [0, 0.05) is 11.5 Å². The molecule has 0 radical (unpaired) electrons. The van der Waals surface area contributed by atoms with Crippen molar-refractivity contribution in [2.24, 2.45) is 0 Å². The van der Waals surface area contributed by atoms with E-state index in [0.29, 0.717) is 11.5 Å². The summed E-state index contributed by atoms with van der Waals surface area (Å²) in [7, 11) is 0. The van der Waals surface area contributed by atoms with Crippen molar-refractivity contribution in [2.45, 2.75) is 39.5 Å². The molecule has 15 heavy (non-hydrogen) atoms. The summed E-state index contributed by atoms with van der Waals surface area (Å²) < 4.78 is 39.0. The van der Waals surface area contributed by atoms with Gasteiger partial charge in [-0.3, -0.25) is 8.42 Å². The van der Waals surface area contributed by atoms with Gasteiger partial charge in [-0.2, -0.15) is 0 Å². The van der Waals surface area contributed by atoms with E-state index < -0.39 is 22.2 Å². The molecule has 0 fully saturated rings. The van der Waals surface area contributed by atoms with Gasteiger partial charge in [0.15, 0.2) is 0 Å². The van der Waals surface area contributed by atoms with Crippen LogP contribution in [0.25, 0.3) is 0 Å². The first-order valence-corrected chi connectivity index (χ1v) is 7.15. The Balaban J connectivity index is -0.000000180. The third-order valence-corrected chi connectivity index (χ3v) is 2.57. The fourth-order valence-electron chi connectivity index (χ4n) is 0.524. The van der Waals surface area contributed by atoms with E-state index in [1.54, 1.807) is 0 Å². The quantitative estimate of drug-likeness (QED) is 0.508. The normalized spacial score (nSPS) is 13.1. The van der Waals surface area contributed by atoms with Crippen molar-refractivity contribution in [3.8, 4) is 0 Å². The topological polar surface area (TPSA) is 80.3 Å². The van der Waals surface area contributed by atoms with Gasteiger partial charge in [-0.05, 0) is 12.8 Å². The SMILES string of the molecule is CCCCS(=O)[O-].CCCCS(=O)[O-].[Ba+2]. The van der Waals surface area contributed by atoms with Gasteiger partial charge >= 0.3 is 48.9 Å². The Morgan fingerprint density at radius 2 is 1.13 bits per heavy atom. The molecule has 0 amide bonds. The smallest absolute Gasteiger partial charge is 0.772 e. The molecular weight excluding hydrogens is 362 g/mol. The summed E-state index contributed by atoms with van der Waals surface area (Å²) >= 11 is -3.63. The molecule has 2 unspecified atom stereocenters. The second-order valence-corrected chi connectivity index (χ2v) is 4.75. The molecule has 0 N–H and O–H groups in total. The van der Waals surface area contributed by atoms with Crippen LogP contribution in [0.4, 0.5) is 0 Å². The van der Waals surface area contributed by atoms with Crippen molar-refractivity contribution in [1.82, 2.24) is 0 Å². The van der Waals surface area contributed by atoms with Crippen LogP contribution in [-0.4, -0.2) is 77.9 Å². The third-order valence-electron chi connectivity index (χ3n) is 1.33. The summed E-state index contributed by atoms with van der Waals surface area (Å²) in [5.41, 5.74) is 0. The second-order valence-electron chi connectivity index (χ2n) is 2.72. The molecule has 4 nitrogen and oxygen atoms in total. The maximum atomic E-state index is 9.76. The van der Waals surface area contributed by atoms with Crippen LogP contribution in [-0.2, 0) is 22.2 Å². The predicted molar refractivity (Wildman–Crippen MR) is 63.1 cm³/mol. The molecule has 0 saturated heterocycles. The molecule has 88 valence electrons. The zero-order chi connectivity index (χ0) is 11.4. The largest absolute Gasteiger partial charge is 2.00 e. The molecule has 0 bridgehead atoms. The Bertz CT molecular complexity index is 149. The first-order chi connectivity index (χ1) is 6.54. The van der Waals surface area contributed by atoms with Crippen LogP contribution in [0.1, 0.15) is 39.5 Å². The van der Waals surface area contributed by atoms with E-state index in [2.05, 4.69) is 0 Å². The zero-order valence-electron chi connectivity index (χ0n) is 9.40. The number of rotatable bonds is 6. The summed E-state index contributed by atoms with van der Waals surface area (Å²) in [6.07, 6.45) is 3.48. The van der Waals surface area contributed by atoms with E-state index in [4.69, 9.17) is 0 Å². The number of hydrogen-bond acceptors (Lipinski definition) is 4. The van der Waals surface area contributed by atoms with Gasteiger partial charge in [0.2, 0.25) is 0 Å². The summed E-state index contributed by atoms with van der Waals surface area (Å²) in [6, 6.07) is 0. The molecular formula is C8H18BaO4S2. The Kier molecular flexibility index (Phi) is 26.7. The fourth-order valence-corrected chi connectivity index (χ4v) is 1.57. The van der Waals surface area contributed by atoms with E-state index >= 15 is 0 Å². The average Bonchev–Trinajstić information content (AvgIpc) is 2.12. The first-order valence-electron chi connectivity index (χ1n) is 4.66. The molecule has 0 aromatic heterocycles. The minimum atomic E-state index is -1.82. The maximum Gasteiger partial charge on any atom is 2.00 e. The second kappa shape index (κ2) is 18.2. The summed E-state index contributed by atoms with van der Waals surface area (Å²) in [6.45, 7) is 3.93. The Morgan fingerprint density at radius 1 is 0.867 bits per heavy atom. The van der Waals surface area contributed by atoms with Crippen molar-refractivity contribution >= 4 is 71.0 Å². The van der Waals surface area contributed by atoms with Crippen molar-refractivity contribution in [3.05, 3.63) is 0 Å². The molecule has 2 atom stereocenters. The molecule has 7 heteroatoms. The van der Waals surface area contributed by atoms with Crippen molar-refractivity contribution < 1.29 is 17.5 Å². The predicted octanol–water partition coefficient (Wildman–Crippen LogP) is 0.950. The van der Waals surface area contributed by atoms with E-state index in [1.807, 2.05) is 13.8 Å². The van der Waals surface area contributed by atoms with Gasteiger partial charge in [0.25, 0.3) is 0 Å². The van der Waals surface area contributed by atoms with Crippen LogP contribution in [0, 0.1) is 0 Å². The van der Waals surface area contributed by atoms with Crippen LogP contribution < -0.4 is 0 Å².